The number of nitrogens with zero attached hydrogens (tertiary/aromatic N) is 2. The number of benzene rings is 1. The zero-order valence-electron chi connectivity index (χ0n) is 12.8. The minimum atomic E-state index is 0.106. The van der Waals surface area contributed by atoms with Crippen LogP contribution in [-0.4, -0.2) is 60.9 Å². The lowest BCUT2D eigenvalue weighted by molar-refractivity contribution is 0.0761. The lowest BCUT2D eigenvalue weighted by Gasteiger charge is -2.22. The van der Waals surface area contributed by atoms with Crippen molar-refractivity contribution >= 4 is 21.8 Å². The maximum absolute atomic E-state index is 12.6. The molecule has 0 aromatic heterocycles. The van der Waals surface area contributed by atoms with Crippen molar-refractivity contribution < 1.29 is 9.53 Å². The molecule has 116 valence electrons. The standard InChI is InChI=1S/C16H23BrN2O2/c1-13-4-5-14(12-15(13)21-2)16(20)19-8-3-7-18(9-6-17)10-11-19/h4-5,12H,3,6-11H2,1-2H3. The van der Waals surface area contributed by atoms with Crippen LogP contribution in [0.1, 0.15) is 22.3 Å². The predicted octanol–water partition coefficient (Wildman–Crippen LogP) is 2.55. The van der Waals surface area contributed by atoms with Gasteiger partial charge in [-0.15, -0.1) is 0 Å². The highest BCUT2D eigenvalue weighted by Gasteiger charge is 2.20. The number of amides is 1. The maximum atomic E-state index is 12.6. The van der Waals surface area contributed by atoms with Crippen molar-refractivity contribution in [1.29, 1.82) is 0 Å². The third kappa shape index (κ3) is 4.20. The molecular formula is C16H23BrN2O2. The molecule has 1 aliphatic heterocycles. The molecule has 0 bridgehead atoms. The van der Waals surface area contributed by atoms with Gasteiger partial charge >= 0.3 is 0 Å². The van der Waals surface area contributed by atoms with E-state index < -0.39 is 0 Å². The van der Waals surface area contributed by atoms with Crippen LogP contribution in [0.25, 0.3) is 0 Å². The Morgan fingerprint density at radius 2 is 2.10 bits per heavy atom. The Labute approximate surface area is 135 Å². The van der Waals surface area contributed by atoms with E-state index >= 15 is 0 Å². The van der Waals surface area contributed by atoms with Crippen LogP contribution in [0.5, 0.6) is 5.75 Å². The second-order valence-corrected chi connectivity index (χ2v) is 6.15. The van der Waals surface area contributed by atoms with Crippen molar-refractivity contribution in [2.24, 2.45) is 0 Å². The zero-order valence-corrected chi connectivity index (χ0v) is 14.4. The first-order valence-electron chi connectivity index (χ1n) is 7.38. The number of rotatable bonds is 4. The molecule has 0 N–H and O–H groups in total. The van der Waals surface area contributed by atoms with Crippen LogP contribution >= 0.6 is 15.9 Å². The summed E-state index contributed by atoms with van der Waals surface area (Å²) in [7, 11) is 1.64. The number of carbonyl (C=O) groups is 1. The van der Waals surface area contributed by atoms with Crippen LogP contribution in [0, 0.1) is 6.92 Å². The molecule has 4 nitrogen and oxygen atoms in total. The summed E-state index contributed by atoms with van der Waals surface area (Å²) in [5.74, 6) is 0.880. The molecule has 1 aromatic carbocycles. The summed E-state index contributed by atoms with van der Waals surface area (Å²) in [5.41, 5.74) is 1.76. The van der Waals surface area contributed by atoms with Crippen LogP contribution < -0.4 is 4.74 Å². The number of methoxy groups -OCH3 is 1. The van der Waals surface area contributed by atoms with E-state index in [0.29, 0.717) is 5.56 Å². The van der Waals surface area contributed by atoms with E-state index in [1.165, 1.54) is 0 Å². The summed E-state index contributed by atoms with van der Waals surface area (Å²) < 4.78 is 5.31. The summed E-state index contributed by atoms with van der Waals surface area (Å²) >= 11 is 3.48. The number of hydrogen-bond donors (Lipinski definition) is 0. The molecule has 1 amide bonds. The Kier molecular flexibility index (Phi) is 6.06. The largest absolute Gasteiger partial charge is 0.496 e. The fourth-order valence-electron chi connectivity index (χ4n) is 2.65. The lowest BCUT2D eigenvalue weighted by atomic mass is 10.1. The summed E-state index contributed by atoms with van der Waals surface area (Å²) in [4.78, 5) is 17.0. The normalized spacial score (nSPS) is 16.6. The molecule has 0 unspecified atom stereocenters. The number of carbonyl (C=O) groups excluding carboxylic acids is 1. The van der Waals surface area contributed by atoms with E-state index in [0.717, 1.165) is 55.8 Å². The second kappa shape index (κ2) is 7.80. The average Bonchev–Trinajstić information content (AvgIpc) is 2.73. The van der Waals surface area contributed by atoms with Gasteiger partial charge in [-0.05, 0) is 37.6 Å². The van der Waals surface area contributed by atoms with Gasteiger partial charge in [0.2, 0.25) is 0 Å². The summed E-state index contributed by atoms with van der Waals surface area (Å²) in [5, 5.41) is 0.982. The molecule has 2 rings (SSSR count). The Morgan fingerprint density at radius 3 is 2.81 bits per heavy atom. The predicted molar refractivity (Wildman–Crippen MR) is 88.5 cm³/mol. The van der Waals surface area contributed by atoms with Crippen LogP contribution in [0.2, 0.25) is 0 Å². The first-order chi connectivity index (χ1) is 10.2. The van der Waals surface area contributed by atoms with Gasteiger partial charge in [0, 0.05) is 37.1 Å². The fraction of sp³-hybridized carbons (Fsp3) is 0.562. The van der Waals surface area contributed by atoms with Crippen LogP contribution in [0.15, 0.2) is 18.2 Å². The van der Waals surface area contributed by atoms with E-state index in [9.17, 15) is 4.79 Å². The van der Waals surface area contributed by atoms with Gasteiger partial charge in [0.25, 0.3) is 5.91 Å². The molecule has 0 radical (unpaired) electrons. The van der Waals surface area contributed by atoms with Gasteiger partial charge in [-0.1, -0.05) is 22.0 Å². The van der Waals surface area contributed by atoms with Crippen molar-refractivity contribution in [3.05, 3.63) is 29.3 Å². The molecular weight excluding hydrogens is 332 g/mol. The van der Waals surface area contributed by atoms with E-state index in [4.69, 9.17) is 4.74 Å². The first-order valence-corrected chi connectivity index (χ1v) is 8.50. The van der Waals surface area contributed by atoms with Crippen LogP contribution in [0.4, 0.5) is 0 Å². The minimum Gasteiger partial charge on any atom is -0.496 e. The maximum Gasteiger partial charge on any atom is 0.254 e. The summed E-state index contributed by atoms with van der Waals surface area (Å²) in [6, 6.07) is 5.68. The molecule has 0 saturated carbocycles. The Balaban J connectivity index is 2.06. The second-order valence-electron chi connectivity index (χ2n) is 5.36. The molecule has 1 aromatic rings. The van der Waals surface area contributed by atoms with Crippen molar-refractivity contribution in [3.63, 3.8) is 0 Å². The quantitative estimate of drug-likeness (QED) is 0.779. The Bertz CT molecular complexity index is 493. The molecule has 21 heavy (non-hydrogen) atoms. The summed E-state index contributed by atoms with van der Waals surface area (Å²) in [6.07, 6.45) is 1.03. The number of ether oxygens (including phenoxy) is 1. The van der Waals surface area contributed by atoms with Crippen molar-refractivity contribution in [2.75, 3.05) is 45.2 Å². The molecule has 0 atom stereocenters. The molecule has 0 aliphatic carbocycles. The van der Waals surface area contributed by atoms with Gasteiger partial charge in [-0.3, -0.25) is 4.79 Å². The Morgan fingerprint density at radius 1 is 1.29 bits per heavy atom. The van der Waals surface area contributed by atoms with Gasteiger partial charge in [-0.2, -0.15) is 0 Å². The molecule has 0 spiro atoms. The highest BCUT2D eigenvalue weighted by molar-refractivity contribution is 9.09. The summed E-state index contributed by atoms with van der Waals surface area (Å²) in [6.45, 7) is 6.65. The van der Waals surface area contributed by atoms with Crippen molar-refractivity contribution in [2.45, 2.75) is 13.3 Å². The lowest BCUT2D eigenvalue weighted by Crippen LogP contribution is -2.35. The van der Waals surface area contributed by atoms with Crippen LogP contribution in [-0.2, 0) is 0 Å². The molecule has 1 saturated heterocycles. The highest BCUT2D eigenvalue weighted by atomic mass is 79.9. The number of hydrogen-bond acceptors (Lipinski definition) is 3. The van der Waals surface area contributed by atoms with Crippen molar-refractivity contribution in [3.8, 4) is 5.75 Å². The number of alkyl halides is 1. The molecule has 1 heterocycles. The fourth-order valence-corrected chi connectivity index (χ4v) is 3.15. The highest BCUT2D eigenvalue weighted by Crippen LogP contribution is 2.20. The van der Waals surface area contributed by atoms with Gasteiger partial charge in [0.15, 0.2) is 0 Å². The van der Waals surface area contributed by atoms with Gasteiger partial charge < -0.3 is 14.5 Å². The zero-order chi connectivity index (χ0) is 15.2. The van der Waals surface area contributed by atoms with Gasteiger partial charge in [0.1, 0.15) is 5.75 Å². The molecule has 1 aliphatic rings. The number of aryl methyl sites for hydroxylation is 1. The topological polar surface area (TPSA) is 32.8 Å². The SMILES string of the molecule is COc1cc(C(=O)N2CCCN(CCBr)CC2)ccc1C. The van der Waals surface area contributed by atoms with E-state index in [1.807, 2.05) is 30.0 Å². The Hall–Kier alpha value is -1.07. The van der Waals surface area contributed by atoms with Gasteiger partial charge in [-0.25, -0.2) is 0 Å². The smallest absolute Gasteiger partial charge is 0.254 e. The van der Waals surface area contributed by atoms with E-state index in [1.54, 1.807) is 7.11 Å². The number of halogens is 1. The average molecular weight is 355 g/mol. The minimum absolute atomic E-state index is 0.106. The molecule has 1 fully saturated rings. The monoisotopic (exact) mass is 354 g/mol. The van der Waals surface area contributed by atoms with Gasteiger partial charge in [0.05, 0.1) is 7.11 Å². The third-order valence-corrected chi connectivity index (χ3v) is 4.29. The van der Waals surface area contributed by atoms with Crippen molar-refractivity contribution in [1.82, 2.24) is 9.80 Å². The third-order valence-electron chi connectivity index (χ3n) is 3.93. The van der Waals surface area contributed by atoms with E-state index in [2.05, 4.69) is 20.8 Å². The van der Waals surface area contributed by atoms with E-state index in [-0.39, 0.29) is 5.91 Å². The van der Waals surface area contributed by atoms with Crippen LogP contribution in [0.3, 0.4) is 0 Å². The first kappa shape index (κ1) is 16.3. The molecule has 5 heteroatoms.